The predicted molar refractivity (Wildman–Crippen MR) is 174 cm³/mol. The molecule has 0 aromatic heterocycles. The van der Waals surface area contributed by atoms with E-state index in [1.54, 1.807) is 11.8 Å². The summed E-state index contributed by atoms with van der Waals surface area (Å²) >= 11 is 1.66. The van der Waals surface area contributed by atoms with Gasteiger partial charge < -0.3 is 30.4 Å². The summed E-state index contributed by atoms with van der Waals surface area (Å²) in [5.41, 5.74) is 11.7. The number of aliphatic hydroxyl groups is 1. The van der Waals surface area contributed by atoms with Crippen LogP contribution in [0.5, 0.6) is 0 Å². The lowest BCUT2D eigenvalue weighted by atomic mass is 9.84. The van der Waals surface area contributed by atoms with Crippen molar-refractivity contribution in [1.29, 1.82) is 0 Å². The molecule has 0 radical (unpaired) electrons. The van der Waals surface area contributed by atoms with Gasteiger partial charge in [-0.25, -0.2) is 0 Å². The van der Waals surface area contributed by atoms with Gasteiger partial charge in [-0.05, 0) is 41.3 Å². The quantitative estimate of drug-likeness (QED) is 0.104. The van der Waals surface area contributed by atoms with E-state index >= 15 is 0 Å². The van der Waals surface area contributed by atoms with Crippen LogP contribution < -0.4 is 11.1 Å². The van der Waals surface area contributed by atoms with Gasteiger partial charge in [0.2, 0.25) is 0 Å². The van der Waals surface area contributed by atoms with Crippen LogP contribution in [0.4, 0.5) is 5.69 Å². The fourth-order valence-corrected chi connectivity index (χ4v) is 6.40. The molecule has 234 valence electrons. The molecule has 4 N–H and O–H groups in total. The van der Waals surface area contributed by atoms with E-state index in [-0.39, 0.29) is 37.2 Å². The first-order chi connectivity index (χ1) is 21.8. The van der Waals surface area contributed by atoms with Gasteiger partial charge in [-0.3, -0.25) is 9.59 Å². The van der Waals surface area contributed by atoms with Gasteiger partial charge in [0.15, 0.2) is 12.4 Å². The number of nitrogens with two attached hydrogens (primary N) is 1. The number of anilines is 1. The Morgan fingerprint density at radius 3 is 2.18 bits per heavy atom. The fourth-order valence-electron chi connectivity index (χ4n) is 5.36. The molecule has 1 amide bonds. The Hall–Kier alpha value is -4.15. The van der Waals surface area contributed by atoms with Gasteiger partial charge in [-0.2, -0.15) is 0 Å². The molecular weight excluding hydrogens is 588 g/mol. The molecule has 5 atom stereocenters. The van der Waals surface area contributed by atoms with Crippen LogP contribution in [0.1, 0.15) is 60.0 Å². The summed E-state index contributed by atoms with van der Waals surface area (Å²) in [4.78, 5) is 24.5. The van der Waals surface area contributed by atoms with Crippen molar-refractivity contribution in [2.75, 3.05) is 11.5 Å². The highest BCUT2D eigenvalue weighted by Gasteiger charge is 2.42. The average molecular weight is 627 g/mol. The lowest BCUT2D eigenvalue weighted by Gasteiger charge is -2.43. The van der Waals surface area contributed by atoms with Crippen LogP contribution in [0.3, 0.4) is 0 Å². The first-order valence-corrected chi connectivity index (χ1v) is 15.9. The normalized spacial score (nSPS) is 20.2. The highest BCUT2D eigenvalue weighted by atomic mass is 32.2. The molecule has 0 spiro atoms. The third-order valence-corrected chi connectivity index (χ3v) is 8.90. The van der Waals surface area contributed by atoms with Crippen LogP contribution in [0.15, 0.2) is 108 Å². The van der Waals surface area contributed by atoms with Crippen molar-refractivity contribution in [2.24, 2.45) is 0 Å². The second kappa shape index (κ2) is 15.2. The zero-order valence-electron chi connectivity index (χ0n) is 25.3. The average Bonchev–Trinajstić information content (AvgIpc) is 3.06. The molecule has 1 fully saturated rings. The molecule has 0 aliphatic carbocycles. The van der Waals surface area contributed by atoms with E-state index in [4.69, 9.17) is 19.9 Å². The van der Waals surface area contributed by atoms with Crippen LogP contribution in [0.25, 0.3) is 0 Å². The maximum Gasteiger partial charge on any atom is 0.303 e. The molecule has 0 bridgehead atoms. The number of nitrogens with one attached hydrogen (secondary N) is 1. The van der Waals surface area contributed by atoms with Crippen molar-refractivity contribution >= 4 is 29.3 Å². The molecule has 1 saturated heterocycles. The number of hydrogen-bond donors (Lipinski definition) is 3. The molecule has 4 aromatic carbocycles. The lowest BCUT2D eigenvalue weighted by Crippen LogP contribution is -2.38. The van der Waals surface area contributed by atoms with Crippen LogP contribution in [-0.4, -0.2) is 34.9 Å². The molecule has 8 nitrogen and oxygen atoms in total. The largest absolute Gasteiger partial charge is 0.453 e. The Morgan fingerprint density at radius 1 is 0.867 bits per heavy atom. The number of para-hydroxylation sites is 1. The molecule has 9 heteroatoms. The van der Waals surface area contributed by atoms with Gasteiger partial charge in [0.05, 0.1) is 18.8 Å². The molecule has 5 rings (SSSR count). The SMILES string of the molecule is CC(=O)O[C@@H](C)C(=O)NCc1ccc(C2O[C@H](CSc3ccccc3N)[C@@H](c3ccccc3)[C@H](c3ccc(CO)cc3)O2)cc1. The van der Waals surface area contributed by atoms with Crippen molar-refractivity contribution in [2.45, 2.75) is 62.4 Å². The molecule has 45 heavy (non-hydrogen) atoms. The number of esters is 1. The van der Waals surface area contributed by atoms with Crippen LogP contribution in [0.2, 0.25) is 0 Å². The number of ether oxygens (including phenoxy) is 3. The third-order valence-electron chi connectivity index (χ3n) is 7.72. The Kier molecular flexibility index (Phi) is 10.9. The molecule has 1 unspecified atom stereocenters. The summed E-state index contributed by atoms with van der Waals surface area (Å²) < 4.78 is 18.5. The predicted octanol–water partition coefficient (Wildman–Crippen LogP) is 6.06. The van der Waals surface area contributed by atoms with E-state index < -0.39 is 18.4 Å². The second-order valence-electron chi connectivity index (χ2n) is 11.0. The van der Waals surface area contributed by atoms with Gasteiger partial charge in [-0.1, -0.05) is 91.0 Å². The number of carbonyl (C=O) groups excluding carboxylic acids is 2. The van der Waals surface area contributed by atoms with E-state index in [1.807, 2.05) is 91.0 Å². The van der Waals surface area contributed by atoms with E-state index in [9.17, 15) is 14.7 Å². The van der Waals surface area contributed by atoms with Crippen LogP contribution >= 0.6 is 11.8 Å². The highest BCUT2D eigenvalue weighted by Crippen LogP contribution is 2.48. The zero-order chi connectivity index (χ0) is 31.8. The molecule has 4 aromatic rings. The van der Waals surface area contributed by atoms with Gasteiger partial charge >= 0.3 is 5.97 Å². The van der Waals surface area contributed by atoms with Gasteiger partial charge in [0.25, 0.3) is 5.91 Å². The van der Waals surface area contributed by atoms with Gasteiger partial charge in [0.1, 0.15) is 0 Å². The van der Waals surface area contributed by atoms with Crippen molar-refractivity contribution in [3.8, 4) is 0 Å². The number of thioether (sulfide) groups is 1. The minimum Gasteiger partial charge on any atom is -0.453 e. The van der Waals surface area contributed by atoms with E-state index in [0.29, 0.717) is 5.75 Å². The Labute approximate surface area is 267 Å². The Balaban J connectivity index is 1.41. The summed E-state index contributed by atoms with van der Waals surface area (Å²) in [5, 5.41) is 12.4. The molecule has 1 aliphatic heterocycles. The maximum absolute atomic E-state index is 12.3. The minimum atomic E-state index is -0.868. The molecule has 1 heterocycles. The van der Waals surface area contributed by atoms with E-state index in [1.165, 1.54) is 13.8 Å². The van der Waals surface area contributed by atoms with Gasteiger partial charge in [0, 0.05) is 41.3 Å². The summed E-state index contributed by atoms with van der Waals surface area (Å²) in [6.07, 6.45) is -2.09. The summed E-state index contributed by atoms with van der Waals surface area (Å²) in [5.74, 6) is -0.345. The fraction of sp³-hybridized carbons (Fsp3) is 0.278. The number of aliphatic hydroxyl groups excluding tert-OH is 1. The van der Waals surface area contributed by atoms with Crippen molar-refractivity contribution in [3.63, 3.8) is 0 Å². The lowest BCUT2D eigenvalue weighted by molar-refractivity contribution is -0.255. The third kappa shape index (κ3) is 8.32. The van der Waals surface area contributed by atoms with Crippen LogP contribution in [0, 0.1) is 0 Å². The first-order valence-electron chi connectivity index (χ1n) is 14.9. The second-order valence-corrected chi connectivity index (χ2v) is 12.0. The first kappa shape index (κ1) is 32.2. The van der Waals surface area contributed by atoms with E-state index in [2.05, 4.69) is 17.4 Å². The van der Waals surface area contributed by atoms with Crippen molar-refractivity contribution in [1.82, 2.24) is 5.32 Å². The number of rotatable bonds is 11. The molecule has 1 aliphatic rings. The van der Waals surface area contributed by atoms with Crippen LogP contribution in [-0.2, 0) is 37.0 Å². The van der Waals surface area contributed by atoms with Crippen molar-refractivity contribution in [3.05, 3.63) is 131 Å². The molecular formula is C36H38N2O6S. The molecule has 0 saturated carbocycles. The number of benzene rings is 4. The summed E-state index contributed by atoms with van der Waals surface area (Å²) in [6.45, 7) is 3.06. The number of carbonyl (C=O) groups is 2. The van der Waals surface area contributed by atoms with Gasteiger partial charge in [-0.15, -0.1) is 11.8 Å². The Bertz CT molecular complexity index is 1560. The minimum absolute atomic E-state index is 0.0348. The monoisotopic (exact) mass is 626 g/mol. The standard InChI is InChI=1S/C36H38N2O6S/c1-23(42-24(2)40)35(41)38-20-25-12-18-29(19-13-25)36-43-31(22-45-32-11-7-6-10-30(32)37)33(27-8-4-3-5-9-27)34(44-36)28-16-14-26(21-39)15-17-28/h3-19,23,31,33-34,36,39H,20-22,37H2,1-2H3,(H,38,41)/t23-,31+,33+,34-,36?/m0/s1. The maximum atomic E-state index is 12.3. The smallest absolute Gasteiger partial charge is 0.303 e. The van der Waals surface area contributed by atoms with Crippen molar-refractivity contribution < 1.29 is 28.9 Å². The highest BCUT2D eigenvalue weighted by molar-refractivity contribution is 7.99. The Morgan fingerprint density at radius 2 is 1.51 bits per heavy atom. The number of nitrogen functional groups attached to an aromatic ring is 1. The topological polar surface area (TPSA) is 120 Å². The summed E-state index contributed by atoms with van der Waals surface area (Å²) in [6, 6.07) is 33.7. The van der Waals surface area contributed by atoms with E-state index in [0.717, 1.165) is 38.4 Å². The number of amides is 1. The number of hydrogen-bond acceptors (Lipinski definition) is 8. The zero-order valence-corrected chi connectivity index (χ0v) is 26.1. The summed E-state index contributed by atoms with van der Waals surface area (Å²) in [7, 11) is 0.